The van der Waals surface area contributed by atoms with Crippen LogP contribution in [0.3, 0.4) is 0 Å². The number of rotatable bonds is 3. The number of aryl methyl sites for hydroxylation is 2. The SMILES string of the molecule is Cc1ccc(N2CCCN3C4C(=O)N(CC(=O)O)C(=O)N(C)C4NC23)cc1C. The number of benzene rings is 1. The van der Waals surface area contributed by atoms with Gasteiger partial charge in [0.25, 0.3) is 5.91 Å². The second-order valence-corrected chi connectivity index (χ2v) is 7.69. The maximum Gasteiger partial charge on any atom is 0.328 e. The van der Waals surface area contributed by atoms with E-state index in [1.807, 2.05) is 4.90 Å². The van der Waals surface area contributed by atoms with Gasteiger partial charge < -0.3 is 14.9 Å². The highest BCUT2D eigenvalue weighted by Crippen LogP contribution is 2.33. The third-order valence-corrected chi connectivity index (χ3v) is 5.99. The second-order valence-electron chi connectivity index (χ2n) is 7.69. The number of nitrogens with one attached hydrogen (secondary N) is 1. The molecule has 0 aliphatic carbocycles. The molecule has 28 heavy (non-hydrogen) atoms. The maximum atomic E-state index is 13.0. The molecule has 1 aromatic rings. The molecule has 4 rings (SSSR count). The van der Waals surface area contributed by atoms with Crippen LogP contribution in [0.25, 0.3) is 0 Å². The number of hydrogen-bond donors (Lipinski definition) is 2. The highest BCUT2D eigenvalue weighted by atomic mass is 16.4. The van der Waals surface area contributed by atoms with E-state index in [2.05, 4.69) is 42.3 Å². The van der Waals surface area contributed by atoms with Crippen molar-refractivity contribution in [2.24, 2.45) is 0 Å². The predicted octanol–water partition coefficient (Wildman–Crippen LogP) is 0.376. The number of carbonyl (C=O) groups excluding carboxylic acids is 2. The quantitative estimate of drug-likeness (QED) is 0.774. The molecule has 3 unspecified atom stereocenters. The zero-order valence-corrected chi connectivity index (χ0v) is 16.3. The van der Waals surface area contributed by atoms with E-state index in [1.165, 1.54) is 16.0 Å². The van der Waals surface area contributed by atoms with E-state index >= 15 is 0 Å². The molecule has 3 atom stereocenters. The minimum absolute atomic E-state index is 0.227. The lowest BCUT2D eigenvalue weighted by Crippen LogP contribution is -2.66. The normalized spacial score (nSPS) is 27.8. The fraction of sp³-hybridized carbons (Fsp3) is 0.526. The summed E-state index contributed by atoms with van der Waals surface area (Å²) in [5, 5.41) is 12.5. The average molecular weight is 387 g/mol. The maximum absolute atomic E-state index is 13.0. The van der Waals surface area contributed by atoms with Crippen molar-refractivity contribution in [3.63, 3.8) is 0 Å². The smallest absolute Gasteiger partial charge is 0.328 e. The van der Waals surface area contributed by atoms with Gasteiger partial charge in [0.2, 0.25) is 0 Å². The van der Waals surface area contributed by atoms with Gasteiger partial charge in [0.15, 0.2) is 0 Å². The van der Waals surface area contributed by atoms with Crippen LogP contribution in [-0.4, -0.2) is 82.9 Å². The molecule has 1 aromatic carbocycles. The monoisotopic (exact) mass is 387 g/mol. The van der Waals surface area contributed by atoms with Crippen molar-refractivity contribution in [1.29, 1.82) is 0 Å². The standard InChI is InChI=1S/C19H25N5O4/c1-11-5-6-13(9-12(11)2)22-7-4-8-23-15-16(20-18(22)23)21(3)19(28)24(17(15)27)10-14(25)26/h5-6,9,15-16,18,20H,4,7-8,10H2,1-3H3,(H,25,26). The van der Waals surface area contributed by atoms with Gasteiger partial charge in [-0.25, -0.2) is 4.79 Å². The number of carboxylic acid groups (broad SMARTS) is 1. The highest BCUT2D eigenvalue weighted by Gasteiger charge is 2.56. The molecule has 3 heterocycles. The van der Waals surface area contributed by atoms with Crippen molar-refractivity contribution in [2.75, 3.05) is 31.6 Å². The molecule has 3 aliphatic heterocycles. The first-order valence-corrected chi connectivity index (χ1v) is 9.45. The first kappa shape index (κ1) is 18.7. The number of likely N-dealkylation sites (N-methyl/N-ethyl adjacent to an activating group) is 1. The Labute approximate surface area is 163 Å². The Bertz CT molecular complexity index is 844. The number of imide groups is 1. The molecule has 0 aromatic heterocycles. The van der Waals surface area contributed by atoms with Gasteiger partial charge in [-0.2, -0.15) is 0 Å². The first-order chi connectivity index (χ1) is 13.3. The average Bonchev–Trinajstić information content (AvgIpc) is 3.05. The number of carboxylic acids is 1. The molecule has 2 N–H and O–H groups in total. The summed E-state index contributed by atoms with van der Waals surface area (Å²) in [5.41, 5.74) is 3.48. The summed E-state index contributed by atoms with van der Waals surface area (Å²) in [7, 11) is 1.60. The lowest BCUT2D eigenvalue weighted by molar-refractivity contribution is -0.147. The van der Waals surface area contributed by atoms with Crippen molar-refractivity contribution < 1.29 is 19.5 Å². The minimum atomic E-state index is -1.20. The van der Waals surface area contributed by atoms with Gasteiger partial charge in [0.1, 0.15) is 25.0 Å². The van der Waals surface area contributed by atoms with Crippen LogP contribution < -0.4 is 10.2 Å². The molecule has 0 bridgehead atoms. The first-order valence-electron chi connectivity index (χ1n) is 9.45. The number of hydrogen-bond acceptors (Lipinski definition) is 6. The predicted molar refractivity (Wildman–Crippen MR) is 102 cm³/mol. The van der Waals surface area contributed by atoms with Crippen molar-refractivity contribution in [2.45, 2.75) is 38.8 Å². The zero-order valence-electron chi connectivity index (χ0n) is 16.3. The van der Waals surface area contributed by atoms with E-state index in [-0.39, 0.29) is 6.29 Å². The molecule has 0 saturated carbocycles. The Morgan fingerprint density at radius 2 is 1.96 bits per heavy atom. The van der Waals surface area contributed by atoms with Crippen molar-refractivity contribution in [1.82, 2.24) is 20.0 Å². The molecule has 3 fully saturated rings. The summed E-state index contributed by atoms with van der Waals surface area (Å²) in [5.74, 6) is -1.65. The van der Waals surface area contributed by atoms with Gasteiger partial charge in [-0.05, 0) is 43.5 Å². The minimum Gasteiger partial charge on any atom is -0.480 e. The number of fused-ring (bicyclic) bond motifs is 3. The van der Waals surface area contributed by atoms with Crippen LogP contribution in [0.4, 0.5) is 10.5 Å². The van der Waals surface area contributed by atoms with Gasteiger partial charge in [-0.1, -0.05) is 6.07 Å². The molecule has 0 radical (unpaired) electrons. The third-order valence-electron chi connectivity index (χ3n) is 5.99. The van der Waals surface area contributed by atoms with E-state index in [4.69, 9.17) is 5.11 Å². The lowest BCUT2D eigenvalue weighted by Gasteiger charge is -2.43. The van der Waals surface area contributed by atoms with Crippen LogP contribution in [0.5, 0.6) is 0 Å². The molecule has 9 heteroatoms. The summed E-state index contributed by atoms with van der Waals surface area (Å²) in [6.45, 7) is 5.06. The molecule has 3 amide bonds. The molecular weight excluding hydrogens is 362 g/mol. The Balaban J connectivity index is 1.66. The highest BCUT2D eigenvalue weighted by molar-refractivity contribution is 6.02. The van der Waals surface area contributed by atoms with E-state index in [0.29, 0.717) is 6.54 Å². The van der Waals surface area contributed by atoms with Crippen LogP contribution in [-0.2, 0) is 9.59 Å². The lowest BCUT2D eigenvalue weighted by atomic mass is 10.1. The summed E-state index contributed by atoms with van der Waals surface area (Å²) >= 11 is 0. The number of carbonyl (C=O) groups is 3. The van der Waals surface area contributed by atoms with Crippen molar-refractivity contribution in [3.8, 4) is 0 Å². The molecule has 3 aliphatic rings. The fourth-order valence-electron chi connectivity index (χ4n) is 4.37. The summed E-state index contributed by atoms with van der Waals surface area (Å²) in [6.07, 6.45) is 0.162. The fourth-order valence-corrected chi connectivity index (χ4v) is 4.37. The molecule has 9 nitrogen and oxygen atoms in total. The topological polar surface area (TPSA) is 96.4 Å². The summed E-state index contributed by atoms with van der Waals surface area (Å²) in [6, 6.07) is 5.11. The number of nitrogens with zero attached hydrogens (tertiary/aromatic N) is 4. The third kappa shape index (κ3) is 2.82. The molecule has 0 spiro atoms. The van der Waals surface area contributed by atoms with Crippen LogP contribution in [0.15, 0.2) is 18.2 Å². The number of anilines is 1. The van der Waals surface area contributed by atoms with E-state index in [9.17, 15) is 14.4 Å². The summed E-state index contributed by atoms with van der Waals surface area (Å²) in [4.78, 5) is 43.2. The van der Waals surface area contributed by atoms with Crippen LogP contribution in [0, 0.1) is 13.8 Å². The van der Waals surface area contributed by atoms with Crippen LogP contribution in [0.2, 0.25) is 0 Å². The Kier molecular flexibility index (Phi) is 4.51. The zero-order chi connectivity index (χ0) is 20.2. The molecule has 3 saturated heterocycles. The van der Waals surface area contributed by atoms with Gasteiger partial charge >= 0.3 is 12.0 Å². The van der Waals surface area contributed by atoms with Gasteiger partial charge in [0.05, 0.1) is 0 Å². The van der Waals surface area contributed by atoms with E-state index in [0.717, 1.165) is 23.6 Å². The van der Waals surface area contributed by atoms with Crippen molar-refractivity contribution >= 4 is 23.6 Å². The number of urea groups is 1. The van der Waals surface area contributed by atoms with Gasteiger partial charge in [-0.3, -0.25) is 24.7 Å². The largest absolute Gasteiger partial charge is 0.480 e. The Morgan fingerprint density at radius 1 is 1.21 bits per heavy atom. The van der Waals surface area contributed by atoms with Crippen molar-refractivity contribution in [3.05, 3.63) is 29.3 Å². The van der Waals surface area contributed by atoms with E-state index in [1.54, 1.807) is 7.05 Å². The van der Waals surface area contributed by atoms with Crippen LogP contribution in [0.1, 0.15) is 17.5 Å². The van der Waals surface area contributed by atoms with E-state index < -0.39 is 36.7 Å². The Hall–Kier alpha value is -2.65. The van der Waals surface area contributed by atoms with Gasteiger partial charge in [-0.15, -0.1) is 0 Å². The Morgan fingerprint density at radius 3 is 2.64 bits per heavy atom. The summed E-state index contributed by atoms with van der Waals surface area (Å²) < 4.78 is 0. The van der Waals surface area contributed by atoms with Crippen LogP contribution >= 0.6 is 0 Å². The molecular formula is C19H25N5O4. The van der Waals surface area contributed by atoms with Gasteiger partial charge in [0, 0.05) is 25.8 Å². The number of aliphatic carboxylic acids is 1. The second kappa shape index (κ2) is 6.75. The number of amides is 3. The molecule has 150 valence electrons.